The Balaban J connectivity index is -0.000000110. The molecule has 0 unspecified atom stereocenters. The molecule has 0 aromatic rings. The summed E-state index contributed by atoms with van der Waals surface area (Å²) in [5.74, 6) is -1.27. The standard InChI is InChI=1S/C7H10O2.C5H6O2.2CO2/c1-3-4-5-6-7(8)9-2;1-2-3-4-5(6)7;2*2-1-3/h3-6H,1-2H3;2-4H,1H2,(H,6,7);;/b4-3+,6-5+;4-3+;;. The molecule has 0 amide bonds. The van der Waals surface area contributed by atoms with Crippen LogP contribution in [0.4, 0.5) is 0 Å². The van der Waals surface area contributed by atoms with Crippen LogP contribution < -0.4 is 0 Å². The Morgan fingerprint density at radius 2 is 1.45 bits per heavy atom. The smallest absolute Gasteiger partial charge is 0.373 e. The number of allylic oxidation sites excluding steroid dienone is 5. The molecule has 0 bridgehead atoms. The second-order valence-electron chi connectivity index (χ2n) is 2.51. The van der Waals surface area contributed by atoms with Gasteiger partial charge >= 0.3 is 24.2 Å². The van der Waals surface area contributed by atoms with Crippen LogP contribution in [0.2, 0.25) is 0 Å². The molecule has 0 aromatic heterocycles. The lowest BCUT2D eigenvalue weighted by Crippen LogP contribution is -1.92. The van der Waals surface area contributed by atoms with Gasteiger partial charge in [-0.3, -0.25) is 0 Å². The molecule has 0 heterocycles. The number of carboxylic acids is 1. The zero-order valence-corrected chi connectivity index (χ0v) is 12.1. The number of carbonyl (C=O) groups is 2. The van der Waals surface area contributed by atoms with E-state index in [2.05, 4.69) is 11.3 Å². The fourth-order valence-electron chi connectivity index (χ4n) is 0.464. The third-order valence-electron chi connectivity index (χ3n) is 1.11. The third kappa shape index (κ3) is 69.6. The normalized spacial score (nSPS) is 8.09. The quantitative estimate of drug-likeness (QED) is 0.460. The molecule has 8 nitrogen and oxygen atoms in total. The van der Waals surface area contributed by atoms with Gasteiger partial charge in [-0.25, -0.2) is 9.59 Å². The van der Waals surface area contributed by atoms with Crippen LogP contribution in [0.3, 0.4) is 0 Å². The Bertz CT molecular complexity index is 433. The summed E-state index contributed by atoms with van der Waals surface area (Å²) in [7, 11) is 1.35. The van der Waals surface area contributed by atoms with E-state index in [0.717, 1.165) is 6.08 Å². The van der Waals surface area contributed by atoms with E-state index in [0.29, 0.717) is 0 Å². The maximum absolute atomic E-state index is 10.3. The summed E-state index contributed by atoms with van der Waals surface area (Å²) in [5, 5.41) is 7.91. The summed E-state index contributed by atoms with van der Waals surface area (Å²) in [4.78, 5) is 52.5. The van der Waals surface area contributed by atoms with Crippen molar-refractivity contribution >= 4 is 24.2 Å². The number of methoxy groups -OCH3 is 1. The third-order valence-corrected chi connectivity index (χ3v) is 1.11. The Labute approximate surface area is 127 Å². The van der Waals surface area contributed by atoms with Gasteiger partial charge < -0.3 is 9.84 Å². The van der Waals surface area contributed by atoms with Crippen molar-refractivity contribution in [3.05, 3.63) is 49.1 Å². The van der Waals surface area contributed by atoms with Crippen molar-refractivity contribution in [1.29, 1.82) is 0 Å². The summed E-state index contributed by atoms with van der Waals surface area (Å²) in [6.45, 7) is 5.16. The van der Waals surface area contributed by atoms with Crippen LogP contribution in [0.1, 0.15) is 6.92 Å². The number of carboxylic acid groups (broad SMARTS) is 1. The zero-order valence-electron chi connectivity index (χ0n) is 12.1. The second kappa shape index (κ2) is 30.6. The Morgan fingerprint density at radius 1 is 1.00 bits per heavy atom. The molecule has 8 heteroatoms. The van der Waals surface area contributed by atoms with Crippen molar-refractivity contribution in [2.24, 2.45) is 0 Å². The summed E-state index contributed by atoms with van der Waals surface area (Å²) in [6, 6.07) is 0. The van der Waals surface area contributed by atoms with Crippen molar-refractivity contribution in [3.8, 4) is 0 Å². The molecular formula is C14H16O8. The number of rotatable bonds is 4. The predicted molar refractivity (Wildman–Crippen MR) is 73.0 cm³/mol. The molecule has 120 valence electrons. The molecule has 1 N–H and O–H groups in total. The van der Waals surface area contributed by atoms with E-state index >= 15 is 0 Å². The second-order valence-corrected chi connectivity index (χ2v) is 2.51. The van der Waals surface area contributed by atoms with Crippen molar-refractivity contribution in [3.63, 3.8) is 0 Å². The molecule has 0 saturated carbocycles. The highest BCUT2D eigenvalue weighted by atomic mass is 16.5. The van der Waals surface area contributed by atoms with E-state index in [1.165, 1.54) is 25.3 Å². The van der Waals surface area contributed by atoms with Crippen LogP contribution in [-0.4, -0.2) is 36.5 Å². The van der Waals surface area contributed by atoms with Gasteiger partial charge in [0.15, 0.2) is 0 Å². The first kappa shape index (κ1) is 27.1. The summed E-state index contributed by atoms with van der Waals surface area (Å²) in [6.07, 6.45) is 10.9. The lowest BCUT2D eigenvalue weighted by molar-refractivity contribution is -0.193. The number of ether oxygens (including phenoxy) is 1. The average Bonchev–Trinajstić information content (AvgIpc) is 2.47. The van der Waals surface area contributed by atoms with E-state index in [1.807, 2.05) is 13.0 Å². The Hall–Kier alpha value is -3.34. The van der Waals surface area contributed by atoms with Crippen molar-refractivity contribution in [1.82, 2.24) is 0 Å². The molecule has 0 aliphatic carbocycles. The van der Waals surface area contributed by atoms with Gasteiger partial charge in [-0.05, 0) is 6.92 Å². The van der Waals surface area contributed by atoms with E-state index in [-0.39, 0.29) is 18.3 Å². The van der Waals surface area contributed by atoms with E-state index < -0.39 is 5.97 Å². The molecule has 0 rings (SSSR count). The minimum absolute atomic E-state index is 0.250. The van der Waals surface area contributed by atoms with Crippen LogP contribution in [0.15, 0.2) is 49.1 Å². The van der Waals surface area contributed by atoms with Gasteiger partial charge in [0.25, 0.3) is 0 Å². The van der Waals surface area contributed by atoms with Crippen molar-refractivity contribution < 1.29 is 38.6 Å². The fraction of sp³-hybridized carbons (Fsp3) is 0.143. The minimum atomic E-state index is -0.945. The van der Waals surface area contributed by atoms with Gasteiger partial charge in [0.1, 0.15) is 0 Å². The summed E-state index contributed by atoms with van der Waals surface area (Å²) in [5.41, 5.74) is 0. The summed E-state index contributed by atoms with van der Waals surface area (Å²) >= 11 is 0. The maximum atomic E-state index is 10.3. The number of carbonyl (C=O) groups excluding carboxylic acids is 5. The molecule has 0 aromatic carbocycles. The summed E-state index contributed by atoms with van der Waals surface area (Å²) < 4.78 is 4.34. The maximum Gasteiger partial charge on any atom is 0.373 e. The van der Waals surface area contributed by atoms with Crippen LogP contribution in [-0.2, 0) is 33.5 Å². The molecule has 0 spiro atoms. The van der Waals surface area contributed by atoms with E-state index in [1.54, 1.807) is 12.2 Å². The Kier molecular flexibility index (Phi) is 37.6. The molecule has 0 saturated heterocycles. The SMILES string of the molecule is C/C=C/C=C/C(=O)OC.C=C/C=C/C(=O)O.O=C=O.O=C=O. The van der Waals surface area contributed by atoms with Crippen molar-refractivity contribution in [2.45, 2.75) is 6.92 Å². The van der Waals surface area contributed by atoms with Gasteiger partial charge in [0, 0.05) is 12.2 Å². The van der Waals surface area contributed by atoms with Crippen LogP contribution >= 0.6 is 0 Å². The topological polar surface area (TPSA) is 132 Å². The fourth-order valence-corrected chi connectivity index (χ4v) is 0.464. The number of hydrogen-bond acceptors (Lipinski definition) is 7. The first-order valence-corrected chi connectivity index (χ1v) is 5.29. The highest BCUT2D eigenvalue weighted by molar-refractivity contribution is 5.82. The number of esters is 1. The first-order chi connectivity index (χ1) is 10.4. The van der Waals surface area contributed by atoms with Crippen LogP contribution in [0, 0.1) is 0 Å². The highest BCUT2D eigenvalue weighted by Gasteiger charge is 1.85. The highest BCUT2D eigenvalue weighted by Crippen LogP contribution is 1.78. The van der Waals surface area contributed by atoms with E-state index in [4.69, 9.17) is 24.3 Å². The van der Waals surface area contributed by atoms with Gasteiger partial charge in [-0.15, -0.1) is 0 Å². The van der Waals surface area contributed by atoms with Gasteiger partial charge in [-0.2, -0.15) is 19.2 Å². The molecule has 0 radical (unpaired) electrons. The monoisotopic (exact) mass is 312 g/mol. The van der Waals surface area contributed by atoms with Gasteiger partial charge in [-0.1, -0.05) is 37.0 Å². The number of aliphatic carboxylic acids is 1. The number of hydrogen-bond donors (Lipinski definition) is 1. The average molecular weight is 312 g/mol. The van der Waals surface area contributed by atoms with Crippen LogP contribution in [0.25, 0.3) is 0 Å². The van der Waals surface area contributed by atoms with Crippen molar-refractivity contribution in [2.75, 3.05) is 7.11 Å². The molecule has 0 aliphatic heterocycles. The van der Waals surface area contributed by atoms with Crippen LogP contribution in [0.5, 0.6) is 0 Å². The van der Waals surface area contributed by atoms with Gasteiger partial charge in [0.2, 0.25) is 0 Å². The largest absolute Gasteiger partial charge is 0.478 e. The molecule has 0 atom stereocenters. The Morgan fingerprint density at radius 3 is 1.68 bits per heavy atom. The predicted octanol–water partition coefficient (Wildman–Crippen LogP) is 0.938. The van der Waals surface area contributed by atoms with E-state index in [9.17, 15) is 9.59 Å². The molecular weight excluding hydrogens is 296 g/mol. The minimum Gasteiger partial charge on any atom is -0.478 e. The first-order valence-electron chi connectivity index (χ1n) is 5.29. The lowest BCUT2D eigenvalue weighted by atomic mass is 10.4. The lowest BCUT2D eigenvalue weighted by Gasteiger charge is -1.85. The zero-order chi connectivity index (χ0) is 18.2. The molecule has 0 aliphatic rings. The van der Waals surface area contributed by atoms with Gasteiger partial charge in [0.05, 0.1) is 7.11 Å². The molecule has 0 fully saturated rings. The molecule has 22 heavy (non-hydrogen) atoms.